The third kappa shape index (κ3) is 5.53. The molecule has 0 radical (unpaired) electrons. The van der Waals surface area contributed by atoms with Crippen LogP contribution in [0, 0.1) is 0 Å². The second-order valence-corrected chi connectivity index (χ2v) is 8.53. The molecule has 0 saturated carbocycles. The van der Waals surface area contributed by atoms with Gasteiger partial charge in [-0.3, -0.25) is 4.79 Å². The molecule has 0 unspecified atom stereocenters. The van der Waals surface area contributed by atoms with Crippen LogP contribution in [0.3, 0.4) is 0 Å². The lowest BCUT2D eigenvalue weighted by molar-refractivity contribution is -0.138. The van der Waals surface area contributed by atoms with Crippen LogP contribution in [0.15, 0.2) is 60.7 Å². The molecule has 37 heavy (non-hydrogen) atoms. The lowest BCUT2D eigenvalue weighted by Gasteiger charge is -2.16. The average Bonchev–Trinajstić information content (AvgIpc) is 3.16. The molecule has 0 atom stereocenters. The van der Waals surface area contributed by atoms with Gasteiger partial charge in [0, 0.05) is 22.2 Å². The minimum atomic E-state index is -4.58. The SMILES string of the molecule is CC(C)Oc1ccc(-c2c(Oc3cccc(C(F)(F)F)c3)ccc3[nH]c(CC(=O)O)c(C(=O)O)c23)cc1. The van der Waals surface area contributed by atoms with Crippen LogP contribution < -0.4 is 9.47 Å². The van der Waals surface area contributed by atoms with Crippen molar-refractivity contribution >= 4 is 22.8 Å². The van der Waals surface area contributed by atoms with Crippen molar-refractivity contribution in [3.8, 4) is 28.4 Å². The molecule has 1 aromatic heterocycles. The third-order valence-corrected chi connectivity index (χ3v) is 5.45. The number of aromatic nitrogens is 1. The van der Waals surface area contributed by atoms with E-state index < -0.39 is 30.1 Å². The number of aromatic carboxylic acids is 1. The predicted molar refractivity (Wildman–Crippen MR) is 129 cm³/mol. The number of aromatic amines is 1. The summed E-state index contributed by atoms with van der Waals surface area (Å²) in [6, 6.07) is 14.0. The van der Waals surface area contributed by atoms with Crippen molar-refractivity contribution in [2.75, 3.05) is 0 Å². The van der Waals surface area contributed by atoms with Crippen molar-refractivity contribution in [3.63, 3.8) is 0 Å². The number of nitrogens with one attached hydrogen (secondary N) is 1. The van der Waals surface area contributed by atoms with Crippen LogP contribution >= 0.6 is 0 Å². The van der Waals surface area contributed by atoms with Crippen LogP contribution in [0.1, 0.15) is 35.5 Å². The van der Waals surface area contributed by atoms with Gasteiger partial charge in [-0.25, -0.2) is 4.79 Å². The maximum Gasteiger partial charge on any atom is 0.416 e. The summed E-state index contributed by atoms with van der Waals surface area (Å²) in [5, 5.41) is 19.4. The Kier molecular flexibility index (Phi) is 6.84. The summed E-state index contributed by atoms with van der Waals surface area (Å²) in [6.45, 7) is 3.72. The molecule has 10 heteroatoms. The molecule has 0 fully saturated rings. The number of carboxylic acid groups (broad SMARTS) is 2. The summed E-state index contributed by atoms with van der Waals surface area (Å²) in [6.07, 6.45) is -5.24. The van der Waals surface area contributed by atoms with E-state index in [9.17, 15) is 33.0 Å². The number of hydrogen-bond acceptors (Lipinski definition) is 4. The Bertz CT molecular complexity index is 1470. The Labute approximate surface area is 209 Å². The Morgan fingerprint density at radius 2 is 1.68 bits per heavy atom. The number of hydrogen-bond donors (Lipinski definition) is 3. The Morgan fingerprint density at radius 1 is 0.973 bits per heavy atom. The van der Waals surface area contributed by atoms with Crippen molar-refractivity contribution in [1.82, 2.24) is 4.98 Å². The Hall–Kier alpha value is -4.47. The molecule has 0 bridgehead atoms. The second-order valence-electron chi connectivity index (χ2n) is 8.53. The molecule has 0 aliphatic heterocycles. The molecule has 0 aliphatic rings. The van der Waals surface area contributed by atoms with Crippen LogP contribution in [0.25, 0.3) is 22.0 Å². The molecule has 0 amide bonds. The highest BCUT2D eigenvalue weighted by atomic mass is 19.4. The van der Waals surface area contributed by atoms with Crippen LogP contribution in [0.5, 0.6) is 17.2 Å². The molecule has 0 saturated heterocycles. The van der Waals surface area contributed by atoms with E-state index in [2.05, 4.69) is 4.98 Å². The van der Waals surface area contributed by atoms with Gasteiger partial charge in [0.2, 0.25) is 0 Å². The highest BCUT2D eigenvalue weighted by Crippen LogP contribution is 2.43. The first-order valence-electron chi connectivity index (χ1n) is 11.2. The molecule has 4 rings (SSSR count). The van der Waals surface area contributed by atoms with E-state index in [0.717, 1.165) is 12.1 Å². The molecular formula is C27H22F3NO6. The van der Waals surface area contributed by atoms with E-state index in [0.29, 0.717) is 16.8 Å². The summed E-state index contributed by atoms with van der Waals surface area (Å²) in [5.41, 5.74) is -0.0815. The zero-order valence-corrected chi connectivity index (χ0v) is 19.7. The van der Waals surface area contributed by atoms with E-state index in [1.54, 1.807) is 24.3 Å². The summed E-state index contributed by atoms with van der Waals surface area (Å²) in [4.78, 5) is 26.5. The van der Waals surface area contributed by atoms with Crippen molar-refractivity contribution < 1.29 is 42.4 Å². The lowest BCUT2D eigenvalue weighted by atomic mass is 9.96. The molecule has 7 nitrogen and oxygen atoms in total. The van der Waals surface area contributed by atoms with Crippen molar-refractivity contribution in [2.24, 2.45) is 0 Å². The molecular weight excluding hydrogens is 491 g/mol. The highest BCUT2D eigenvalue weighted by Gasteiger charge is 2.31. The van der Waals surface area contributed by atoms with Gasteiger partial charge in [-0.05, 0) is 61.9 Å². The number of halogens is 3. The maximum absolute atomic E-state index is 13.3. The molecule has 192 valence electrons. The number of carbonyl (C=O) groups is 2. The highest BCUT2D eigenvalue weighted by molar-refractivity contribution is 6.12. The van der Waals surface area contributed by atoms with Gasteiger partial charge in [0.25, 0.3) is 0 Å². The topological polar surface area (TPSA) is 109 Å². The lowest BCUT2D eigenvalue weighted by Crippen LogP contribution is -2.07. The van der Waals surface area contributed by atoms with Gasteiger partial charge in [0.05, 0.1) is 23.7 Å². The zero-order chi connectivity index (χ0) is 26.9. The monoisotopic (exact) mass is 513 g/mol. The predicted octanol–water partition coefficient (Wildman–Crippen LogP) is 6.76. The molecule has 1 heterocycles. The van der Waals surface area contributed by atoms with Gasteiger partial charge < -0.3 is 24.7 Å². The zero-order valence-electron chi connectivity index (χ0n) is 19.7. The number of benzene rings is 3. The number of H-pyrrole nitrogens is 1. The van der Waals surface area contributed by atoms with E-state index in [1.807, 2.05) is 13.8 Å². The first-order chi connectivity index (χ1) is 17.4. The van der Waals surface area contributed by atoms with Gasteiger partial charge in [-0.2, -0.15) is 13.2 Å². The first kappa shape index (κ1) is 25.6. The average molecular weight is 513 g/mol. The van der Waals surface area contributed by atoms with Gasteiger partial charge in [0.15, 0.2) is 0 Å². The van der Waals surface area contributed by atoms with E-state index in [1.165, 1.54) is 24.3 Å². The Morgan fingerprint density at radius 3 is 2.27 bits per heavy atom. The van der Waals surface area contributed by atoms with Crippen molar-refractivity contribution in [3.05, 3.63) is 77.5 Å². The summed E-state index contributed by atoms with van der Waals surface area (Å²) >= 11 is 0. The van der Waals surface area contributed by atoms with Gasteiger partial charge in [-0.1, -0.05) is 18.2 Å². The third-order valence-electron chi connectivity index (χ3n) is 5.45. The number of alkyl halides is 3. The maximum atomic E-state index is 13.3. The van der Waals surface area contributed by atoms with Gasteiger partial charge >= 0.3 is 18.1 Å². The molecule has 3 aromatic carbocycles. The van der Waals surface area contributed by atoms with Crippen LogP contribution in [-0.4, -0.2) is 33.2 Å². The molecule has 4 aromatic rings. The summed E-state index contributed by atoms with van der Waals surface area (Å²) in [7, 11) is 0. The number of carboxylic acids is 2. The normalized spacial score (nSPS) is 11.6. The number of fused-ring (bicyclic) bond motifs is 1. The fraction of sp³-hybridized carbons (Fsp3) is 0.185. The standard InChI is InChI=1S/C27H22F3NO6/c1-14(2)36-17-8-6-15(7-9-17)23-21(37-18-5-3-4-16(12-18)27(28,29)30)11-10-19-24(23)25(26(34)35)20(31-19)13-22(32)33/h3-12,14,31H,13H2,1-2H3,(H,32,33)(H,34,35). The second kappa shape index (κ2) is 9.88. The minimum Gasteiger partial charge on any atom is -0.491 e. The molecule has 0 aliphatic carbocycles. The van der Waals surface area contributed by atoms with Crippen molar-refractivity contribution in [2.45, 2.75) is 32.5 Å². The number of ether oxygens (including phenoxy) is 2. The van der Waals surface area contributed by atoms with Crippen LogP contribution in [-0.2, 0) is 17.4 Å². The van der Waals surface area contributed by atoms with Gasteiger partial charge in [0.1, 0.15) is 17.2 Å². The Balaban J connectivity index is 1.94. The molecule has 0 spiro atoms. The number of rotatable bonds is 8. The quantitative estimate of drug-likeness (QED) is 0.240. The van der Waals surface area contributed by atoms with E-state index in [4.69, 9.17) is 9.47 Å². The smallest absolute Gasteiger partial charge is 0.416 e. The largest absolute Gasteiger partial charge is 0.491 e. The van der Waals surface area contributed by atoms with E-state index >= 15 is 0 Å². The van der Waals surface area contributed by atoms with Crippen molar-refractivity contribution in [1.29, 1.82) is 0 Å². The molecule has 3 N–H and O–H groups in total. The van der Waals surface area contributed by atoms with Crippen LogP contribution in [0.4, 0.5) is 13.2 Å². The van der Waals surface area contributed by atoms with Crippen LogP contribution in [0.2, 0.25) is 0 Å². The fourth-order valence-electron chi connectivity index (χ4n) is 4.05. The fourth-order valence-corrected chi connectivity index (χ4v) is 4.05. The number of aliphatic carboxylic acids is 1. The minimum absolute atomic E-state index is 0.0211. The summed E-state index contributed by atoms with van der Waals surface area (Å²) < 4.78 is 51.3. The summed E-state index contributed by atoms with van der Waals surface area (Å²) in [5.74, 6) is -2.04. The van der Waals surface area contributed by atoms with Gasteiger partial charge in [-0.15, -0.1) is 0 Å². The van der Waals surface area contributed by atoms with E-state index in [-0.39, 0.29) is 39.8 Å². The first-order valence-corrected chi connectivity index (χ1v) is 11.2.